The standard InChI is InChI=1S/C28H38N2O4/c1-7-27(3,4)21-15-16-24(23(18-21)28(5,6)8-2)34-17-11-14-25(31)30-29-19-20-12-9-10-13-22(20)26(32)33/h9-10,12-13,15-16,18-19H,7-8,11,14,17H2,1-6H3,(H,30,31)(H,32,33)/b29-19-. The first kappa shape index (κ1) is 27.1. The third kappa shape index (κ3) is 7.17. The van der Waals surface area contributed by atoms with Crippen LogP contribution in [0.1, 0.15) is 94.3 Å². The van der Waals surface area contributed by atoms with Crippen LogP contribution in [0, 0.1) is 0 Å². The summed E-state index contributed by atoms with van der Waals surface area (Å²) in [5.74, 6) is -0.421. The van der Waals surface area contributed by atoms with E-state index in [1.165, 1.54) is 23.4 Å². The Balaban J connectivity index is 1.95. The molecular formula is C28H38N2O4. The van der Waals surface area contributed by atoms with Crippen molar-refractivity contribution in [1.82, 2.24) is 5.43 Å². The predicted molar refractivity (Wildman–Crippen MR) is 137 cm³/mol. The van der Waals surface area contributed by atoms with Crippen LogP contribution in [-0.4, -0.2) is 29.8 Å². The minimum absolute atomic E-state index is 0.0203. The van der Waals surface area contributed by atoms with Gasteiger partial charge in [0.25, 0.3) is 0 Å². The summed E-state index contributed by atoms with van der Waals surface area (Å²) in [4.78, 5) is 23.4. The van der Waals surface area contributed by atoms with Crippen molar-refractivity contribution in [3.8, 4) is 5.75 Å². The highest BCUT2D eigenvalue weighted by atomic mass is 16.5. The topological polar surface area (TPSA) is 88.0 Å². The molecule has 1 amide bonds. The quantitative estimate of drug-likeness (QED) is 0.226. The second-order valence-electron chi connectivity index (χ2n) is 9.82. The molecule has 0 aromatic heterocycles. The molecule has 2 rings (SSSR count). The molecule has 0 aliphatic heterocycles. The van der Waals surface area contributed by atoms with Gasteiger partial charge in [-0.25, -0.2) is 10.2 Å². The van der Waals surface area contributed by atoms with Gasteiger partial charge in [0, 0.05) is 17.5 Å². The van der Waals surface area contributed by atoms with E-state index in [9.17, 15) is 14.7 Å². The van der Waals surface area contributed by atoms with Gasteiger partial charge in [-0.05, 0) is 47.8 Å². The number of aromatic carboxylic acids is 1. The van der Waals surface area contributed by atoms with Crippen molar-refractivity contribution in [3.05, 3.63) is 64.7 Å². The highest BCUT2D eigenvalue weighted by Crippen LogP contribution is 2.38. The third-order valence-corrected chi connectivity index (χ3v) is 6.65. The first-order chi connectivity index (χ1) is 16.0. The van der Waals surface area contributed by atoms with E-state index in [2.05, 4.69) is 70.3 Å². The fraction of sp³-hybridized carbons (Fsp3) is 0.464. The number of hydrogen-bond donors (Lipinski definition) is 2. The average molecular weight is 467 g/mol. The fourth-order valence-corrected chi connectivity index (χ4v) is 3.45. The highest BCUT2D eigenvalue weighted by molar-refractivity contribution is 5.98. The maximum Gasteiger partial charge on any atom is 0.336 e. The molecule has 6 heteroatoms. The number of carboxylic acid groups (broad SMARTS) is 1. The molecule has 6 nitrogen and oxygen atoms in total. The molecule has 0 unspecified atom stereocenters. The van der Waals surface area contributed by atoms with Gasteiger partial charge in [-0.3, -0.25) is 4.79 Å². The van der Waals surface area contributed by atoms with Gasteiger partial charge in [-0.2, -0.15) is 5.10 Å². The number of hydrogen-bond acceptors (Lipinski definition) is 4. The number of carboxylic acids is 1. The highest BCUT2D eigenvalue weighted by Gasteiger charge is 2.26. The van der Waals surface area contributed by atoms with E-state index in [0.717, 1.165) is 18.6 Å². The van der Waals surface area contributed by atoms with Crippen molar-refractivity contribution in [3.63, 3.8) is 0 Å². The number of carbonyl (C=O) groups is 2. The summed E-state index contributed by atoms with van der Waals surface area (Å²) in [5, 5.41) is 13.1. The van der Waals surface area contributed by atoms with Crippen LogP contribution in [0.3, 0.4) is 0 Å². The van der Waals surface area contributed by atoms with Gasteiger partial charge < -0.3 is 9.84 Å². The van der Waals surface area contributed by atoms with Gasteiger partial charge in [0.05, 0.1) is 18.4 Å². The van der Waals surface area contributed by atoms with E-state index >= 15 is 0 Å². The van der Waals surface area contributed by atoms with Crippen LogP contribution in [0.5, 0.6) is 5.75 Å². The first-order valence-corrected chi connectivity index (χ1v) is 11.9. The van der Waals surface area contributed by atoms with Gasteiger partial charge in [0.15, 0.2) is 0 Å². The van der Waals surface area contributed by atoms with Gasteiger partial charge >= 0.3 is 5.97 Å². The average Bonchev–Trinajstić information content (AvgIpc) is 2.82. The first-order valence-electron chi connectivity index (χ1n) is 11.9. The molecule has 0 atom stereocenters. The number of carbonyl (C=O) groups excluding carboxylic acids is 1. The summed E-state index contributed by atoms with van der Waals surface area (Å²) >= 11 is 0. The lowest BCUT2D eigenvalue weighted by molar-refractivity contribution is -0.121. The summed E-state index contributed by atoms with van der Waals surface area (Å²) in [6, 6.07) is 13.0. The van der Waals surface area contributed by atoms with E-state index in [4.69, 9.17) is 4.74 Å². The summed E-state index contributed by atoms with van der Waals surface area (Å²) in [6.07, 6.45) is 4.19. The Hall–Kier alpha value is -3.15. The van der Waals surface area contributed by atoms with Crippen molar-refractivity contribution in [2.75, 3.05) is 6.61 Å². The number of rotatable bonds is 12. The molecular weight excluding hydrogens is 428 g/mol. The van der Waals surface area contributed by atoms with Crippen LogP contribution in [-0.2, 0) is 15.6 Å². The lowest BCUT2D eigenvalue weighted by Gasteiger charge is -2.30. The van der Waals surface area contributed by atoms with Gasteiger partial charge in [-0.1, -0.05) is 71.9 Å². The molecule has 0 aliphatic carbocycles. The van der Waals surface area contributed by atoms with Crippen molar-refractivity contribution in [1.29, 1.82) is 0 Å². The smallest absolute Gasteiger partial charge is 0.336 e. The minimum atomic E-state index is -1.04. The molecule has 34 heavy (non-hydrogen) atoms. The number of ether oxygens (including phenoxy) is 1. The van der Waals surface area contributed by atoms with Crippen LogP contribution in [0.4, 0.5) is 0 Å². The van der Waals surface area contributed by atoms with Crippen molar-refractivity contribution >= 4 is 18.1 Å². The molecule has 0 fully saturated rings. The van der Waals surface area contributed by atoms with Gasteiger partial charge in [-0.15, -0.1) is 0 Å². The Morgan fingerprint density at radius 3 is 2.35 bits per heavy atom. The maximum atomic E-state index is 12.1. The molecule has 2 aromatic carbocycles. The molecule has 0 bridgehead atoms. The maximum absolute atomic E-state index is 12.1. The van der Waals surface area contributed by atoms with E-state index in [1.54, 1.807) is 18.2 Å². The van der Waals surface area contributed by atoms with Crippen LogP contribution >= 0.6 is 0 Å². The van der Waals surface area contributed by atoms with Gasteiger partial charge in [0.2, 0.25) is 5.91 Å². The number of nitrogens with one attached hydrogen (secondary N) is 1. The van der Waals surface area contributed by atoms with Crippen molar-refractivity contribution in [2.45, 2.75) is 78.1 Å². The molecule has 0 saturated heterocycles. The SMILES string of the molecule is CCC(C)(C)c1ccc(OCCCC(=O)N/N=C\c2ccccc2C(=O)O)c(C(C)(C)CC)c1. The molecule has 0 spiro atoms. The Morgan fingerprint density at radius 2 is 1.71 bits per heavy atom. The van der Waals surface area contributed by atoms with E-state index in [0.29, 0.717) is 18.6 Å². The number of nitrogens with zero attached hydrogens (tertiary/aromatic N) is 1. The second-order valence-corrected chi connectivity index (χ2v) is 9.82. The molecule has 2 N–H and O–H groups in total. The van der Waals surface area contributed by atoms with Gasteiger partial charge in [0.1, 0.15) is 5.75 Å². The Bertz CT molecular complexity index is 1020. The largest absolute Gasteiger partial charge is 0.493 e. The van der Waals surface area contributed by atoms with E-state index < -0.39 is 5.97 Å². The third-order valence-electron chi connectivity index (χ3n) is 6.65. The van der Waals surface area contributed by atoms with Crippen molar-refractivity contribution < 1.29 is 19.4 Å². The van der Waals surface area contributed by atoms with E-state index in [-0.39, 0.29) is 28.7 Å². The Morgan fingerprint density at radius 1 is 1.03 bits per heavy atom. The second kappa shape index (κ2) is 11.8. The van der Waals surface area contributed by atoms with Crippen LogP contribution in [0.2, 0.25) is 0 Å². The summed E-state index contributed by atoms with van der Waals surface area (Å²) in [7, 11) is 0. The summed E-state index contributed by atoms with van der Waals surface area (Å²) in [6.45, 7) is 13.8. The lowest BCUT2D eigenvalue weighted by atomic mass is 9.76. The Labute approximate surface area is 203 Å². The van der Waals surface area contributed by atoms with E-state index in [1.807, 2.05) is 0 Å². The summed E-state index contributed by atoms with van der Waals surface area (Å²) < 4.78 is 6.11. The lowest BCUT2D eigenvalue weighted by Crippen LogP contribution is -2.21. The zero-order valence-electron chi connectivity index (χ0n) is 21.3. The molecule has 184 valence electrons. The fourth-order valence-electron chi connectivity index (χ4n) is 3.45. The number of hydrazone groups is 1. The molecule has 0 heterocycles. The monoisotopic (exact) mass is 466 g/mol. The number of benzene rings is 2. The van der Waals surface area contributed by atoms with Crippen LogP contribution in [0.15, 0.2) is 47.6 Å². The Kier molecular flexibility index (Phi) is 9.42. The van der Waals surface area contributed by atoms with Crippen LogP contribution in [0.25, 0.3) is 0 Å². The number of amides is 1. The zero-order chi connectivity index (χ0) is 25.4. The molecule has 0 saturated carbocycles. The van der Waals surface area contributed by atoms with Crippen LogP contribution < -0.4 is 10.2 Å². The predicted octanol–water partition coefficient (Wildman–Crippen LogP) is 6.07. The molecule has 0 aliphatic rings. The zero-order valence-corrected chi connectivity index (χ0v) is 21.3. The minimum Gasteiger partial charge on any atom is -0.493 e. The molecule has 2 aromatic rings. The van der Waals surface area contributed by atoms with Crippen molar-refractivity contribution in [2.24, 2.45) is 5.10 Å². The normalized spacial score (nSPS) is 12.1. The molecule has 0 radical (unpaired) electrons. The summed E-state index contributed by atoms with van der Waals surface area (Å²) in [5.41, 5.74) is 5.59.